The lowest BCUT2D eigenvalue weighted by Crippen LogP contribution is -2.56. The number of hydrogen-bond donors (Lipinski definition) is 0. The lowest BCUT2D eigenvalue weighted by Gasteiger charge is -2.42. The van der Waals surface area contributed by atoms with E-state index in [4.69, 9.17) is 9.72 Å². The molecular weight excluding hydrogens is 286 g/mol. The second-order valence-electron chi connectivity index (χ2n) is 6.49. The van der Waals surface area contributed by atoms with Crippen molar-refractivity contribution in [2.24, 2.45) is 0 Å². The highest BCUT2D eigenvalue weighted by Crippen LogP contribution is 2.23. The average Bonchev–Trinajstić information content (AvgIpc) is 2.54. The highest BCUT2D eigenvalue weighted by Gasteiger charge is 2.29. The molecule has 0 spiro atoms. The SMILES string of the molecule is Cc1cccc(-c2ccc(N3CCN(C4COC4)CC3)nc2)c1. The zero-order valence-corrected chi connectivity index (χ0v) is 13.6. The van der Waals surface area contributed by atoms with Crippen LogP contribution in [0.1, 0.15) is 5.56 Å². The average molecular weight is 309 g/mol. The van der Waals surface area contributed by atoms with E-state index in [-0.39, 0.29) is 0 Å². The van der Waals surface area contributed by atoms with Crippen molar-refractivity contribution in [2.75, 3.05) is 44.3 Å². The Morgan fingerprint density at radius 1 is 1.00 bits per heavy atom. The van der Waals surface area contributed by atoms with Crippen LogP contribution in [-0.4, -0.2) is 55.3 Å². The van der Waals surface area contributed by atoms with Gasteiger partial charge in [-0.3, -0.25) is 4.90 Å². The van der Waals surface area contributed by atoms with E-state index in [1.54, 1.807) is 0 Å². The fourth-order valence-electron chi connectivity index (χ4n) is 3.32. The third-order valence-corrected chi connectivity index (χ3v) is 4.87. The Kier molecular flexibility index (Phi) is 4.02. The summed E-state index contributed by atoms with van der Waals surface area (Å²) in [6, 6.07) is 13.6. The summed E-state index contributed by atoms with van der Waals surface area (Å²) in [7, 11) is 0. The molecule has 2 aromatic rings. The van der Waals surface area contributed by atoms with Gasteiger partial charge in [-0.15, -0.1) is 0 Å². The van der Waals surface area contributed by atoms with Gasteiger partial charge in [0.1, 0.15) is 5.82 Å². The maximum Gasteiger partial charge on any atom is 0.128 e. The summed E-state index contributed by atoms with van der Waals surface area (Å²) in [5, 5.41) is 0. The summed E-state index contributed by atoms with van der Waals surface area (Å²) in [5.41, 5.74) is 3.70. The second kappa shape index (κ2) is 6.30. The number of hydrogen-bond acceptors (Lipinski definition) is 4. The molecule has 0 saturated carbocycles. The minimum atomic E-state index is 0.647. The molecule has 2 aliphatic rings. The maximum absolute atomic E-state index is 5.30. The van der Waals surface area contributed by atoms with E-state index in [0.29, 0.717) is 6.04 Å². The van der Waals surface area contributed by atoms with Crippen molar-refractivity contribution in [3.05, 3.63) is 48.2 Å². The first kappa shape index (κ1) is 14.7. The molecule has 120 valence electrons. The largest absolute Gasteiger partial charge is 0.378 e. The number of anilines is 1. The van der Waals surface area contributed by atoms with Crippen LogP contribution in [0.3, 0.4) is 0 Å². The standard InChI is InChI=1S/C19H23N3O/c1-15-3-2-4-16(11-15)17-5-6-19(20-12-17)22-9-7-21(8-10-22)18-13-23-14-18/h2-6,11-12,18H,7-10,13-14H2,1H3. The number of ether oxygens (including phenoxy) is 1. The van der Waals surface area contributed by atoms with Gasteiger partial charge < -0.3 is 9.64 Å². The molecule has 1 aromatic carbocycles. The molecule has 3 heterocycles. The normalized spacial score (nSPS) is 19.6. The summed E-state index contributed by atoms with van der Waals surface area (Å²) >= 11 is 0. The van der Waals surface area contributed by atoms with Crippen molar-refractivity contribution < 1.29 is 4.74 Å². The summed E-state index contributed by atoms with van der Waals surface area (Å²) in [6.07, 6.45) is 2.00. The van der Waals surface area contributed by atoms with Crippen LogP contribution in [0.2, 0.25) is 0 Å². The summed E-state index contributed by atoms with van der Waals surface area (Å²) < 4.78 is 5.30. The third kappa shape index (κ3) is 3.09. The molecule has 4 rings (SSSR count). The van der Waals surface area contributed by atoms with Crippen molar-refractivity contribution in [1.29, 1.82) is 0 Å². The van der Waals surface area contributed by atoms with Gasteiger partial charge in [-0.05, 0) is 24.6 Å². The molecule has 0 unspecified atom stereocenters. The smallest absolute Gasteiger partial charge is 0.128 e. The molecule has 0 aliphatic carbocycles. The zero-order valence-electron chi connectivity index (χ0n) is 13.6. The minimum Gasteiger partial charge on any atom is -0.378 e. The lowest BCUT2D eigenvalue weighted by atomic mass is 10.1. The first-order valence-corrected chi connectivity index (χ1v) is 8.39. The van der Waals surface area contributed by atoms with Crippen molar-refractivity contribution in [3.63, 3.8) is 0 Å². The van der Waals surface area contributed by atoms with Gasteiger partial charge in [0, 0.05) is 37.9 Å². The van der Waals surface area contributed by atoms with Crippen LogP contribution in [0.4, 0.5) is 5.82 Å². The van der Waals surface area contributed by atoms with Crippen LogP contribution in [0, 0.1) is 6.92 Å². The quantitative estimate of drug-likeness (QED) is 0.871. The fourth-order valence-corrected chi connectivity index (χ4v) is 3.32. The van der Waals surface area contributed by atoms with E-state index in [2.05, 4.69) is 53.1 Å². The highest BCUT2D eigenvalue weighted by atomic mass is 16.5. The van der Waals surface area contributed by atoms with E-state index in [9.17, 15) is 0 Å². The molecule has 0 atom stereocenters. The van der Waals surface area contributed by atoms with E-state index in [1.807, 2.05) is 6.20 Å². The van der Waals surface area contributed by atoms with Crippen LogP contribution < -0.4 is 4.90 Å². The number of piperazine rings is 1. The molecule has 4 heteroatoms. The Morgan fingerprint density at radius 3 is 2.43 bits per heavy atom. The summed E-state index contributed by atoms with van der Waals surface area (Å²) in [6.45, 7) is 8.25. The van der Waals surface area contributed by atoms with Crippen molar-refractivity contribution >= 4 is 5.82 Å². The predicted molar refractivity (Wildman–Crippen MR) is 92.8 cm³/mol. The number of aryl methyl sites for hydroxylation is 1. The maximum atomic E-state index is 5.30. The van der Waals surface area contributed by atoms with Crippen LogP contribution in [-0.2, 0) is 4.74 Å². The zero-order chi connectivity index (χ0) is 15.6. The lowest BCUT2D eigenvalue weighted by molar-refractivity contribution is -0.0660. The van der Waals surface area contributed by atoms with Gasteiger partial charge in [0.15, 0.2) is 0 Å². The van der Waals surface area contributed by atoms with E-state index >= 15 is 0 Å². The van der Waals surface area contributed by atoms with E-state index in [0.717, 1.165) is 45.2 Å². The van der Waals surface area contributed by atoms with Gasteiger partial charge in [0.2, 0.25) is 0 Å². The van der Waals surface area contributed by atoms with Gasteiger partial charge in [-0.25, -0.2) is 4.98 Å². The number of rotatable bonds is 3. The van der Waals surface area contributed by atoms with E-state index < -0.39 is 0 Å². The first-order chi connectivity index (χ1) is 11.3. The molecule has 0 N–H and O–H groups in total. The first-order valence-electron chi connectivity index (χ1n) is 8.39. The molecular formula is C19H23N3O. The molecule has 2 aliphatic heterocycles. The van der Waals surface area contributed by atoms with Crippen LogP contribution >= 0.6 is 0 Å². The van der Waals surface area contributed by atoms with Crippen LogP contribution in [0.5, 0.6) is 0 Å². The Hall–Kier alpha value is -1.91. The van der Waals surface area contributed by atoms with Crippen LogP contribution in [0.25, 0.3) is 11.1 Å². The number of nitrogens with zero attached hydrogens (tertiary/aromatic N) is 3. The van der Waals surface area contributed by atoms with Crippen molar-refractivity contribution in [1.82, 2.24) is 9.88 Å². The second-order valence-corrected chi connectivity index (χ2v) is 6.49. The minimum absolute atomic E-state index is 0.647. The number of aromatic nitrogens is 1. The Labute approximate surface area is 137 Å². The van der Waals surface area contributed by atoms with Gasteiger partial charge in [-0.2, -0.15) is 0 Å². The predicted octanol–water partition coefficient (Wildman–Crippen LogP) is 2.58. The molecule has 0 bridgehead atoms. The highest BCUT2D eigenvalue weighted by molar-refractivity contribution is 5.64. The van der Waals surface area contributed by atoms with Crippen LogP contribution in [0.15, 0.2) is 42.6 Å². The van der Waals surface area contributed by atoms with Gasteiger partial charge >= 0.3 is 0 Å². The van der Waals surface area contributed by atoms with Crippen molar-refractivity contribution in [3.8, 4) is 11.1 Å². The molecule has 2 fully saturated rings. The molecule has 23 heavy (non-hydrogen) atoms. The summed E-state index contributed by atoms with van der Waals surface area (Å²) in [4.78, 5) is 9.62. The monoisotopic (exact) mass is 309 g/mol. The molecule has 0 radical (unpaired) electrons. The third-order valence-electron chi connectivity index (χ3n) is 4.87. The van der Waals surface area contributed by atoms with Gasteiger partial charge in [0.05, 0.1) is 19.3 Å². The molecule has 2 saturated heterocycles. The fraction of sp³-hybridized carbons (Fsp3) is 0.421. The molecule has 1 aromatic heterocycles. The Bertz CT molecular complexity index is 659. The molecule has 0 amide bonds. The molecule has 4 nitrogen and oxygen atoms in total. The topological polar surface area (TPSA) is 28.6 Å². The Balaban J connectivity index is 1.42. The van der Waals surface area contributed by atoms with E-state index in [1.165, 1.54) is 16.7 Å². The number of pyridine rings is 1. The Morgan fingerprint density at radius 2 is 1.83 bits per heavy atom. The van der Waals surface area contributed by atoms with Gasteiger partial charge in [-0.1, -0.05) is 29.8 Å². The van der Waals surface area contributed by atoms with Crippen molar-refractivity contribution in [2.45, 2.75) is 13.0 Å². The summed E-state index contributed by atoms with van der Waals surface area (Å²) in [5.74, 6) is 1.09. The van der Waals surface area contributed by atoms with Gasteiger partial charge in [0.25, 0.3) is 0 Å². The number of benzene rings is 1.